The van der Waals surface area contributed by atoms with Crippen molar-refractivity contribution in [1.29, 1.82) is 0 Å². The molecule has 0 aromatic heterocycles. The molecule has 0 bridgehead atoms. The quantitative estimate of drug-likeness (QED) is 0.805. The van der Waals surface area contributed by atoms with E-state index in [1.54, 1.807) is 17.0 Å². The Morgan fingerprint density at radius 2 is 1.75 bits per heavy atom. The van der Waals surface area contributed by atoms with Crippen molar-refractivity contribution in [1.82, 2.24) is 4.90 Å². The molecule has 1 heterocycles. The fourth-order valence-corrected chi connectivity index (χ4v) is 3.64. The van der Waals surface area contributed by atoms with Gasteiger partial charge in [-0.3, -0.25) is 9.10 Å². The molecule has 0 atom stereocenters. The van der Waals surface area contributed by atoms with E-state index in [1.165, 1.54) is 9.21 Å². The lowest BCUT2D eigenvalue weighted by Crippen LogP contribution is -3.12. The van der Waals surface area contributed by atoms with Crippen molar-refractivity contribution in [3.8, 4) is 0 Å². The molecular weight excluding hydrogens is 326 g/mol. The second-order valence-electron chi connectivity index (χ2n) is 6.85. The van der Waals surface area contributed by atoms with E-state index in [1.807, 2.05) is 12.1 Å². The van der Waals surface area contributed by atoms with Crippen molar-refractivity contribution in [3.63, 3.8) is 0 Å². The summed E-state index contributed by atoms with van der Waals surface area (Å²) in [6.07, 6.45) is 1.14. The average molecular weight is 354 g/mol. The Bertz CT molecular complexity index is 663. The smallest absolute Gasteiger partial charge is 0.243 e. The van der Waals surface area contributed by atoms with Crippen molar-refractivity contribution < 1.29 is 18.1 Å². The maximum absolute atomic E-state index is 12.5. The zero-order valence-electron chi connectivity index (χ0n) is 14.9. The van der Waals surface area contributed by atoms with E-state index >= 15 is 0 Å². The van der Waals surface area contributed by atoms with Crippen LogP contribution in [0.2, 0.25) is 0 Å². The topological polar surface area (TPSA) is 62.1 Å². The summed E-state index contributed by atoms with van der Waals surface area (Å²) in [4.78, 5) is 15.7. The van der Waals surface area contributed by atoms with Gasteiger partial charge in [-0.2, -0.15) is 0 Å². The van der Waals surface area contributed by atoms with Gasteiger partial charge in [0.05, 0.1) is 45.2 Å². The number of carbonyl (C=O) groups is 1. The number of nitrogens with zero attached hydrogens (tertiary/aromatic N) is 2. The number of hydrogen-bond acceptors (Lipinski definition) is 3. The number of quaternary nitrogens is 1. The molecule has 1 aromatic rings. The molecule has 6 nitrogen and oxygen atoms in total. The number of amides is 1. The minimum absolute atomic E-state index is 0.138. The minimum Gasteiger partial charge on any atom is -0.334 e. The van der Waals surface area contributed by atoms with E-state index in [9.17, 15) is 13.2 Å². The molecule has 0 radical (unpaired) electrons. The first-order valence-corrected chi connectivity index (χ1v) is 10.2. The number of hydrogen-bond donors (Lipinski definition) is 1. The number of benzene rings is 1. The second kappa shape index (κ2) is 7.53. The van der Waals surface area contributed by atoms with Gasteiger partial charge in [0.25, 0.3) is 0 Å². The Labute approximate surface area is 145 Å². The Hall–Kier alpha value is -1.60. The van der Waals surface area contributed by atoms with Crippen LogP contribution < -0.4 is 9.21 Å². The van der Waals surface area contributed by atoms with Crippen molar-refractivity contribution in [3.05, 3.63) is 29.8 Å². The molecule has 1 fully saturated rings. The van der Waals surface area contributed by atoms with Crippen LogP contribution in [0.5, 0.6) is 0 Å². The third-order valence-corrected chi connectivity index (χ3v) is 5.64. The van der Waals surface area contributed by atoms with Crippen molar-refractivity contribution in [2.75, 3.05) is 50.3 Å². The van der Waals surface area contributed by atoms with Crippen molar-refractivity contribution >= 4 is 21.6 Å². The van der Waals surface area contributed by atoms with Gasteiger partial charge in [0, 0.05) is 0 Å². The molecule has 24 heavy (non-hydrogen) atoms. The molecule has 1 N–H and O–H groups in total. The van der Waals surface area contributed by atoms with Crippen molar-refractivity contribution in [2.45, 2.75) is 19.8 Å². The molecule has 1 saturated heterocycles. The summed E-state index contributed by atoms with van der Waals surface area (Å²) in [5, 5.41) is 0. The number of piperazine rings is 1. The van der Waals surface area contributed by atoms with Crippen LogP contribution in [0.4, 0.5) is 5.69 Å². The predicted octanol–water partition coefficient (Wildman–Crippen LogP) is -0.0671. The van der Waals surface area contributed by atoms with Gasteiger partial charge in [-0.1, -0.05) is 26.0 Å². The SMILES string of the molecule is CC(C)c1ccc(N(CC(=O)N2CC[NH+](C)CC2)S(C)(=O)=O)cc1. The molecule has 1 aromatic carbocycles. The van der Waals surface area contributed by atoms with Crippen LogP contribution >= 0.6 is 0 Å². The van der Waals surface area contributed by atoms with Crippen LogP contribution in [0.25, 0.3) is 0 Å². The molecule has 2 rings (SSSR count). The summed E-state index contributed by atoms with van der Waals surface area (Å²) >= 11 is 0. The van der Waals surface area contributed by atoms with E-state index in [-0.39, 0.29) is 12.5 Å². The largest absolute Gasteiger partial charge is 0.334 e. The number of rotatable bonds is 5. The number of likely N-dealkylation sites (N-methyl/N-ethyl adjacent to an activating group) is 1. The summed E-state index contributed by atoms with van der Waals surface area (Å²) in [5.74, 6) is 0.237. The highest BCUT2D eigenvalue weighted by Crippen LogP contribution is 2.22. The first-order chi connectivity index (χ1) is 11.2. The summed E-state index contributed by atoms with van der Waals surface area (Å²) in [7, 11) is -1.42. The third-order valence-electron chi connectivity index (χ3n) is 4.50. The fraction of sp³-hybridized carbons (Fsp3) is 0.588. The monoisotopic (exact) mass is 354 g/mol. The van der Waals surface area contributed by atoms with Crippen LogP contribution in [-0.2, 0) is 14.8 Å². The van der Waals surface area contributed by atoms with Crippen LogP contribution in [0.15, 0.2) is 24.3 Å². The van der Waals surface area contributed by atoms with Gasteiger partial charge in [-0.15, -0.1) is 0 Å². The summed E-state index contributed by atoms with van der Waals surface area (Å²) in [6.45, 7) is 7.17. The molecule has 134 valence electrons. The lowest BCUT2D eigenvalue weighted by atomic mass is 10.0. The van der Waals surface area contributed by atoms with Gasteiger partial charge in [0.1, 0.15) is 6.54 Å². The zero-order valence-corrected chi connectivity index (χ0v) is 15.8. The van der Waals surface area contributed by atoms with E-state index in [0.717, 1.165) is 24.9 Å². The lowest BCUT2D eigenvalue weighted by Gasteiger charge is -2.32. The number of carbonyl (C=O) groups excluding carboxylic acids is 1. The Morgan fingerprint density at radius 1 is 1.21 bits per heavy atom. The normalized spacial score (nSPS) is 16.5. The standard InChI is InChI=1S/C17H27N3O3S/c1-14(2)15-5-7-16(8-6-15)20(24(4,22)23)13-17(21)19-11-9-18(3)10-12-19/h5-8,14H,9-13H2,1-4H3/p+1. The van der Waals surface area contributed by atoms with E-state index in [0.29, 0.717) is 24.7 Å². The highest BCUT2D eigenvalue weighted by Gasteiger charge is 2.26. The molecule has 7 heteroatoms. The lowest BCUT2D eigenvalue weighted by molar-refractivity contribution is -0.883. The Morgan fingerprint density at radius 3 is 2.21 bits per heavy atom. The second-order valence-corrected chi connectivity index (χ2v) is 8.76. The van der Waals surface area contributed by atoms with Gasteiger partial charge >= 0.3 is 0 Å². The summed E-state index contributed by atoms with van der Waals surface area (Å²) in [5.41, 5.74) is 1.68. The van der Waals surface area contributed by atoms with Crippen LogP contribution in [-0.4, -0.2) is 65.3 Å². The van der Waals surface area contributed by atoms with E-state index in [2.05, 4.69) is 20.9 Å². The first-order valence-electron chi connectivity index (χ1n) is 8.35. The summed E-state index contributed by atoms with van der Waals surface area (Å²) in [6, 6.07) is 7.39. The predicted molar refractivity (Wildman–Crippen MR) is 95.9 cm³/mol. The van der Waals surface area contributed by atoms with Crippen LogP contribution in [0.3, 0.4) is 0 Å². The minimum atomic E-state index is -3.51. The van der Waals surface area contributed by atoms with Crippen LogP contribution in [0.1, 0.15) is 25.3 Å². The maximum Gasteiger partial charge on any atom is 0.243 e. The Balaban J connectivity index is 2.16. The molecule has 1 amide bonds. The first kappa shape index (κ1) is 18.7. The van der Waals surface area contributed by atoms with Gasteiger partial charge in [-0.05, 0) is 23.6 Å². The van der Waals surface area contributed by atoms with Crippen LogP contribution in [0, 0.1) is 0 Å². The fourth-order valence-electron chi connectivity index (χ4n) is 2.79. The highest BCUT2D eigenvalue weighted by molar-refractivity contribution is 7.92. The molecule has 1 aliphatic heterocycles. The van der Waals surface area contributed by atoms with Gasteiger partial charge in [-0.25, -0.2) is 8.42 Å². The summed E-state index contributed by atoms with van der Waals surface area (Å²) < 4.78 is 25.5. The van der Waals surface area contributed by atoms with E-state index in [4.69, 9.17) is 0 Å². The molecule has 0 aliphatic carbocycles. The average Bonchev–Trinajstić information content (AvgIpc) is 2.52. The van der Waals surface area contributed by atoms with Gasteiger partial charge in [0.2, 0.25) is 15.9 Å². The van der Waals surface area contributed by atoms with E-state index < -0.39 is 10.0 Å². The number of anilines is 1. The molecule has 1 aliphatic rings. The van der Waals surface area contributed by atoms with Crippen molar-refractivity contribution in [2.24, 2.45) is 0 Å². The molecular formula is C17H28N3O3S+. The third kappa shape index (κ3) is 4.70. The number of nitrogens with one attached hydrogen (secondary N) is 1. The van der Waals surface area contributed by atoms with Gasteiger partial charge < -0.3 is 9.80 Å². The maximum atomic E-state index is 12.5. The number of sulfonamides is 1. The molecule has 0 unspecified atom stereocenters. The highest BCUT2D eigenvalue weighted by atomic mass is 32.2. The zero-order chi connectivity index (χ0) is 17.9. The molecule has 0 saturated carbocycles. The van der Waals surface area contributed by atoms with Gasteiger partial charge in [0.15, 0.2) is 0 Å². The molecule has 0 spiro atoms. The Kier molecular flexibility index (Phi) is 5.87.